The molecule has 2 aromatic rings. The lowest BCUT2D eigenvalue weighted by Gasteiger charge is -2.32. The van der Waals surface area contributed by atoms with Crippen LogP contribution in [0.5, 0.6) is 0 Å². The van der Waals surface area contributed by atoms with Crippen molar-refractivity contribution >= 4 is 46.8 Å². The summed E-state index contributed by atoms with van der Waals surface area (Å²) in [5.41, 5.74) is 0.337. The van der Waals surface area contributed by atoms with E-state index in [1.54, 1.807) is 12.1 Å². The number of rotatable bonds is 7. The number of aromatic nitrogens is 3. The third kappa shape index (κ3) is 6.35. The fourth-order valence-corrected chi connectivity index (χ4v) is 4.38. The van der Waals surface area contributed by atoms with Gasteiger partial charge in [-0.2, -0.15) is 0 Å². The van der Waals surface area contributed by atoms with Crippen molar-refractivity contribution in [1.82, 2.24) is 30.3 Å². The van der Waals surface area contributed by atoms with Crippen LogP contribution in [-0.4, -0.2) is 75.8 Å². The van der Waals surface area contributed by atoms with Crippen molar-refractivity contribution in [2.45, 2.75) is 25.0 Å². The number of likely N-dealkylation sites (N-methyl/N-ethyl adjacent to an activating group) is 1. The number of nitrogens with zero attached hydrogens (tertiary/aromatic N) is 4. The van der Waals surface area contributed by atoms with E-state index in [1.807, 2.05) is 18.7 Å². The number of hydrogen-bond donors (Lipinski definition) is 2. The van der Waals surface area contributed by atoms with Crippen molar-refractivity contribution in [2.24, 2.45) is 5.92 Å². The summed E-state index contributed by atoms with van der Waals surface area (Å²) in [5, 5.41) is 11.3. The molecule has 1 fully saturated rings. The first-order chi connectivity index (χ1) is 14.7. The lowest BCUT2D eigenvalue weighted by molar-refractivity contribution is -0.129. The smallest absolute Gasteiger partial charge is 0.253 e. The fraction of sp³-hybridized carbons (Fsp3) is 0.500. The van der Waals surface area contributed by atoms with Crippen LogP contribution < -0.4 is 5.32 Å². The van der Waals surface area contributed by atoms with Gasteiger partial charge in [0.15, 0.2) is 0 Å². The maximum absolute atomic E-state index is 12.7. The Morgan fingerprint density at radius 1 is 1.23 bits per heavy atom. The molecule has 0 unspecified atom stereocenters. The van der Waals surface area contributed by atoms with Crippen LogP contribution in [-0.2, 0) is 4.79 Å². The lowest BCUT2D eigenvalue weighted by Crippen LogP contribution is -2.47. The quantitative estimate of drug-likeness (QED) is 0.586. The van der Waals surface area contributed by atoms with E-state index in [2.05, 4.69) is 32.4 Å². The Bertz CT molecular complexity index is 930. The Balaban J connectivity index is 1.61. The maximum Gasteiger partial charge on any atom is 0.253 e. The molecule has 2 N–H and O–H groups in total. The Hall–Kier alpha value is -1.81. The second-order valence-corrected chi connectivity index (χ2v) is 9.58. The number of H-pyrrole nitrogens is 1. The highest BCUT2D eigenvalue weighted by molar-refractivity contribution is 7.99. The van der Waals surface area contributed by atoms with Gasteiger partial charge in [-0.05, 0) is 31.2 Å². The molecule has 1 aromatic heterocycles. The minimum atomic E-state index is -0.394. The minimum absolute atomic E-state index is 0.0489. The van der Waals surface area contributed by atoms with E-state index in [1.165, 1.54) is 17.8 Å². The zero-order valence-electron chi connectivity index (χ0n) is 17.7. The molecule has 0 aliphatic carbocycles. The number of carbonyl (C=O) groups excluding carboxylic acids is 2. The number of thioether (sulfide) groups is 1. The first kappa shape index (κ1) is 23.8. The molecule has 1 aliphatic rings. The number of aromatic amines is 1. The van der Waals surface area contributed by atoms with Crippen molar-refractivity contribution in [2.75, 3.05) is 39.0 Å². The van der Waals surface area contributed by atoms with Gasteiger partial charge in [0.2, 0.25) is 11.1 Å². The van der Waals surface area contributed by atoms with Gasteiger partial charge in [0, 0.05) is 31.2 Å². The Kier molecular flexibility index (Phi) is 8.21. The van der Waals surface area contributed by atoms with Gasteiger partial charge in [-0.15, -0.1) is 5.10 Å². The molecule has 31 heavy (non-hydrogen) atoms. The second kappa shape index (κ2) is 10.7. The van der Waals surface area contributed by atoms with Gasteiger partial charge in [-0.25, -0.2) is 4.98 Å². The van der Waals surface area contributed by atoms with Crippen LogP contribution in [0.15, 0.2) is 23.4 Å². The molecular weight excluding hydrogens is 459 g/mol. The average molecular weight is 485 g/mol. The third-order valence-electron chi connectivity index (χ3n) is 5.09. The highest BCUT2D eigenvalue weighted by atomic mass is 35.5. The number of halogens is 2. The average Bonchev–Trinajstić information content (AvgIpc) is 3.19. The predicted octanol–water partition coefficient (Wildman–Crippen LogP) is 3.10. The molecule has 3 rings (SSSR count). The van der Waals surface area contributed by atoms with Gasteiger partial charge < -0.3 is 15.1 Å². The molecule has 11 heteroatoms. The minimum Gasteiger partial charge on any atom is -0.342 e. The van der Waals surface area contributed by atoms with E-state index in [0.29, 0.717) is 21.6 Å². The number of piperazine rings is 1. The lowest BCUT2D eigenvalue weighted by atomic mass is 10.0. The Morgan fingerprint density at radius 3 is 2.58 bits per heavy atom. The molecule has 0 spiro atoms. The molecule has 0 radical (unpaired) electrons. The van der Waals surface area contributed by atoms with E-state index in [9.17, 15) is 9.59 Å². The van der Waals surface area contributed by atoms with Crippen LogP contribution in [0.4, 0.5) is 0 Å². The second-order valence-electron chi connectivity index (χ2n) is 7.80. The van der Waals surface area contributed by atoms with Crippen LogP contribution in [0.2, 0.25) is 10.0 Å². The summed E-state index contributed by atoms with van der Waals surface area (Å²) in [6, 6.07) is 4.34. The summed E-state index contributed by atoms with van der Waals surface area (Å²) < 4.78 is 0. The molecule has 168 valence electrons. The summed E-state index contributed by atoms with van der Waals surface area (Å²) in [5.74, 6) is 0.614. The first-order valence-corrected chi connectivity index (χ1v) is 11.8. The van der Waals surface area contributed by atoms with E-state index < -0.39 is 6.04 Å². The highest BCUT2D eigenvalue weighted by Crippen LogP contribution is 2.25. The molecular formula is C20H26Cl2N6O2S. The Morgan fingerprint density at radius 2 is 1.94 bits per heavy atom. The molecule has 1 saturated heterocycles. The summed E-state index contributed by atoms with van der Waals surface area (Å²) in [4.78, 5) is 33.7. The predicted molar refractivity (Wildman–Crippen MR) is 123 cm³/mol. The number of hydrogen-bond acceptors (Lipinski definition) is 6. The maximum atomic E-state index is 12.7. The summed E-state index contributed by atoms with van der Waals surface area (Å²) in [7, 11) is 2.05. The number of benzene rings is 1. The van der Waals surface area contributed by atoms with Crippen LogP contribution in [0, 0.1) is 5.92 Å². The van der Waals surface area contributed by atoms with E-state index in [4.69, 9.17) is 23.2 Å². The normalized spacial score (nSPS) is 15.9. The SMILES string of the molecule is CC(C)[C@H](NC(=O)c1ccc(Cl)cc1Cl)c1nc(SCC(=O)N2CCN(C)CC2)n[nH]1. The van der Waals surface area contributed by atoms with Crippen molar-refractivity contribution in [3.8, 4) is 0 Å². The van der Waals surface area contributed by atoms with Gasteiger partial charge in [-0.3, -0.25) is 14.7 Å². The molecule has 0 saturated carbocycles. The van der Waals surface area contributed by atoms with Gasteiger partial charge in [-0.1, -0.05) is 48.8 Å². The summed E-state index contributed by atoms with van der Waals surface area (Å²) in [6.45, 7) is 7.19. The molecule has 1 aliphatic heterocycles. The molecule has 8 nitrogen and oxygen atoms in total. The monoisotopic (exact) mass is 484 g/mol. The van der Waals surface area contributed by atoms with Gasteiger partial charge in [0.1, 0.15) is 5.82 Å². The van der Waals surface area contributed by atoms with Crippen molar-refractivity contribution < 1.29 is 9.59 Å². The van der Waals surface area contributed by atoms with Crippen molar-refractivity contribution in [3.63, 3.8) is 0 Å². The topological polar surface area (TPSA) is 94.2 Å². The summed E-state index contributed by atoms with van der Waals surface area (Å²) in [6.07, 6.45) is 0. The first-order valence-electron chi connectivity index (χ1n) is 10.0. The number of carbonyl (C=O) groups is 2. The number of amides is 2. The van der Waals surface area contributed by atoms with Gasteiger partial charge in [0.05, 0.1) is 22.4 Å². The molecule has 1 aromatic carbocycles. The van der Waals surface area contributed by atoms with Gasteiger partial charge >= 0.3 is 0 Å². The highest BCUT2D eigenvalue weighted by Gasteiger charge is 2.25. The van der Waals surface area contributed by atoms with Gasteiger partial charge in [0.25, 0.3) is 5.91 Å². The number of nitrogens with one attached hydrogen (secondary N) is 2. The molecule has 2 heterocycles. The van der Waals surface area contributed by atoms with Crippen LogP contribution in [0.1, 0.15) is 36.1 Å². The fourth-order valence-electron chi connectivity index (χ4n) is 3.18. The molecule has 2 amide bonds. The van der Waals surface area contributed by atoms with E-state index >= 15 is 0 Å². The third-order valence-corrected chi connectivity index (χ3v) is 6.47. The largest absolute Gasteiger partial charge is 0.342 e. The standard InChI is InChI=1S/C20H26Cl2N6O2S/c1-12(2)17(23-19(30)14-5-4-13(21)10-15(14)22)18-24-20(26-25-18)31-11-16(29)28-8-6-27(3)7-9-28/h4-5,10,12,17H,6-9,11H2,1-3H3,(H,23,30)(H,24,25,26)/t17-/m0/s1. The zero-order valence-corrected chi connectivity index (χ0v) is 20.0. The van der Waals surface area contributed by atoms with Crippen molar-refractivity contribution in [3.05, 3.63) is 39.6 Å². The van der Waals surface area contributed by atoms with E-state index in [-0.39, 0.29) is 28.5 Å². The van der Waals surface area contributed by atoms with Crippen LogP contribution in [0.25, 0.3) is 0 Å². The van der Waals surface area contributed by atoms with Crippen LogP contribution >= 0.6 is 35.0 Å². The molecule has 0 bridgehead atoms. The Labute approximate surface area is 196 Å². The van der Waals surface area contributed by atoms with Crippen LogP contribution in [0.3, 0.4) is 0 Å². The molecule has 1 atom stereocenters. The summed E-state index contributed by atoms with van der Waals surface area (Å²) >= 11 is 13.4. The van der Waals surface area contributed by atoms with Crippen molar-refractivity contribution in [1.29, 1.82) is 0 Å². The zero-order chi connectivity index (χ0) is 22.5. The van der Waals surface area contributed by atoms with E-state index in [0.717, 1.165) is 26.2 Å².